The van der Waals surface area contributed by atoms with Gasteiger partial charge in [-0.15, -0.1) is 24.0 Å². The second kappa shape index (κ2) is 13.8. The Hall–Kier alpha value is -1.39. The number of hydrogen-bond acceptors (Lipinski definition) is 4. The van der Waals surface area contributed by atoms with Gasteiger partial charge in [-0.05, 0) is 19.1 Å². The summed E-state index contributed by atoms with van der Waals surface area (Å²) in [4.78, 5) is 18.9. The third-order valence-electron chi connectivity index (χ3n) is 3.87. The highest BCUT2D eigenvalue weighted by Gasteiger charge is 2.09. The molecule has 1 heterocycles. The third-order valence-corrected chi connectivity index (χ3v) is 3.87. The molecule has 0 aliphatic carbocycles. The van der Waals surface area contributed by atoms with Crippen LogP contribution in [0.2, 0.25) is 0 Å². The molecule has 0 unspecified atom stereocenters. The van der Waals surface area contributed by atoms with Gasteiger partial charge in [0.1, 0.15) is 0 Å². The number of rotatable bonds is 8. The number of halogens is 1. The minimum atomic E-state index is -0.0587. The summed E-state index contributed by atoms with van der Waals surface area (Å²) in [5, 5.41) is 9.37. The molecule has 1 aliphatic rings. The molecule has 1 saturated heterocycles. The molecule has 0 atom stereocenters. The van der Waals surface area contributed by atoms with Crippen LogP contribution in [0.1, 0.15) is 17.3 Å². The van der Waals surface area contributed by atoms with Crippen LogP contribution in [0.15, 0.2) is 35.3 Å². The van der Waals surface area contributed by atoms with Gasteiger partial charge in [0.05, 0.1) is 19.8 Å². The highest BCUT2D eigenvalue weighted by Crippen LogP contribution is 1.97. The SMILES string of the molecule is CCNC(=NCCN1CCOCC1)NCCNC(=O)c1ccccc1.I. The molecule has 1 aromatic carbocycles. The van der Waals surface area contributed by atoms with Crippen LogP contribution < -0.4 is 16.0 Å². The predicted molar refractivity (Wildman–Crippen MR) is 115 cm³/mol. The van der Waals surface area contributed by atoms with Gasteiger partial charge in [-0.3, -0.25) is 14.7 Å². The van der Waals surface area contributed by atoms with Gasteiger partial charge in [0.15, 0.2) is 5.96 Å². The first kappa shape index (κ1) is 22.7. The summed E-state index contributed by atoms with van der Waals surface area (Å²) in [6, 6.07) is 9.23. The summed E-state index contributed by atoms with van der Waals surface area (Å²) in [7, 11) is 0. The molecule has 1 fully saturated rings. The zero-order valence-electron chi connectivity index (χ0n) is 15.4. The number of hydrogen-bond donors (Lipinski definition) is 3. The van der Waals surface area contributed by atoms with Crippen LogP contribution >= 0.6 is 24.0 Å². The van der Waals surface area contributed by atoms with E-state index < -0.39 is 0 Å². The molecule has 0 bridgehead atoms. The number of benzene rings is 1. The normalized spacial score (nSPS) is 15.0. The average Bonchev–Trinajstić information content (AvgIpc) is 2.66. The van der Waals surface area contributed by atoms with E-state index >= 15 is 0 Å². The second-order valence-corrected chi connectivity index (χ2v) is 5.76. The molecule has 0 saturated carbocycles. The second-order valence-electron chi connectivity index (χ2n) is 5.76. The van der Waals surface area contributed by atoms with E-state index in [9.17, 15) is 4.79 Å². The van der Waals surface area contributed by atoms with Crippen LogP contribution in [0.3, 0.4) is 0 Å². The largest absolute Gasteiger partial charge is 0.379 e. The highest BCUT2D eigenvalue weighted by atomic mass is 127. The monoisotopic (exact) mass is 475 g/mol. The maximum atomic E-state index is 12.0. The Morgan fingerprint density at radius 1 is 1.12 bits per heavy atom. The maximum absolute atomic E-state index is 12.0. The molecule has 2 rings (SSSR count). The molecular weight excluding hydrogens is 445 g/mol. The lowest BCUT2D eigenvalue weighted by atomic mass is 10.2. The van der Waals surface area contributed by atoms with Gasteiger partial charge in [0, 0.05) is 44.8 Å². The van der Waals surface area contributed by atoms with Crippen molar-refractivity contribution in [3.8, 4) is 0 Å². The van der Waals surface area contributed by atoms with Gasteiger partial charge in [-0.25, -0.2) is 0 Å². The average molecular weight is 475 g/mol. The van der Waals surface area contributed by atoms with Crippen molar-refractivity contribution in [2.75, 3.05) is 59.0 Å². The fraction of sp³-hybridized carbons (Fsp3) is 0.556. The van der Waals surface area contributed by atoms with E-state index in [4.69, 9.17) is 4.74 Å². The lowest BCUT2D eigenvalue weighted by Crippen LogP contribution is -2.42. The summed E-state index contributed by atoms with van der Waals surface area (Å²) in [6.07, 6.45) is 0. The van der Waals surface area contributed by atoms with Crippen molar-refractivity contribution in [2.24, 2.45) is 4.99 Å². The van der Waals surface area contributed by atoms with E-state index in [2.05, 4.69) is 25.8 Å². The Kier molecular flexibility index (Phi) is 12.0. The molecule has 7 nitrogen and oxygen atoms in total. The Bertz CT molecular complexity index is 536. The van der Waals surface area contributed by atoms with Gasteiger partial charge in [0.2, 0.25) is 0 Å². The zero-order chi connectivity index (χ0) is 17.7. The summed E-state index contributed by atoms with van der Waals surface area (Å²) in [5.41, 5.74) is 0.675. The fourth-order valence-corrected chi connectivity index (χ4v) is 2.52. The molecule has 146 valence electrons. The van der Waals surface area contributed by atoms with E-state index in [1.807, 2.05) is 25.1 Å². The number of aliphatic imine (C=N–C) groups is 1. The molecule has 0 spiro atoms. The van der Waals surface area contributed by atoms with Gasteiger partial charge in [-0.1, -0.05) is 18.2 Å². The van der Waals surface area contributed by atoms with E-state index in [0.717, 1.165) is 51.9 Å². The topological polar surface area (TPSA) is 78.0 Å². The highest BCUT2D eigenvalue weighted by molar-refractivity contribution is 14.0. The van der Waals surface area contributed by atoms with E-state index in [-0.39, 0.29) is 29.9 Å². The number of nitrogens with zero attached hydrogens (tertiary/aromatic N) is 2. The Labute approximate surface area is 173 Å². The first-order valence-electron chi connectivity index (χ1n) is 8.95. The predicted octanol–water partition coefficient (Wildman–Crippen LogP) is 0.922. The van der Waals surface area contributed by atoms with Crippen LogP contribution in [-0.4, -0.2) is 75.8 Å². The number of ether oxygens (including phenoxy) is 1. The number of amides is 1. The van der Waals surface area contributed by atoms with Gasteiger partial charge >= 0.3 is 0 Å². The van der Waals surface area contributed by atoms with Gasteiger partial charge in [-0.2, -0.15) is 0 Å². The van der Waals surface area contributed by atoms with E-state index in [1.54, 1.807) is 12.1 Å². The molecule has 26 heavy (non-hydrogen) atoms. The lowest BCUT2D eigenvalue weighted by molar-refractivity contribution is 0.0394. The van der Waals surface area contributed by atoms with Crippen LogP contribution in [0.5, 0.6) is 0 Å². The molecule has 1 amide bonds. The Morgan fingerprint density at radius 3 is 2.50 bits per heavy atom. The number of carbonyl (C=O) groups excluding carboxylic acids is 1. The minimum Gasteiger partial charge on any atom is -0.379 e. The third kappa shape index (κ3) is 8.81. The standard InChI is InChI=1S/C18H29N5O2.HI/c1-2-19-18(22-10-11-23-12-14-25-15-13-23)21-9-8-20-17(24)16-6-4-3-5-7-16;/h3-7H,2,8-15H2,1H3,(H,20,24)(H2,19,21,22);1H. The van der Waals surface area contributed by atoms with E-state index in [1.165, 1.54) is 0 Å². The van der Waals surface area contributed by atoms with Crippen LogP contribution in [-0.2, 0) is 4.74 Å². The lowest BCUT2D eigenvalue weighted by Gasteiger charge is -2.25. The summed E-state index contributed by atoms with van der Waals surface area (Å²) in [5.74, 6) is 0.723. The number of nitrogens with one attached hydrogen (secondary N) is 3. The maximum Gasteiger partial charge on any atom is 0.251 e. The number of carbonyl (C=O) groups is 1. The van der Waals surface area contributed by atoms with Crippen molar-refractivity contribution in [2.45, 2.75) is 6.92 Å². The molecule has 0 aromatic heterocycles. The van der Waals surface area contributed by atoms with Crippen molar-refractivity contribution in [3.63, 3.8) is 0 Å². The zero-order valence-corrected chi connectivity index (χ0v) is 17.7. The van der Waals surface area contributed by atoms with Crippen molar-refractivity contribution >= 4 is 35.8 Å². The van der Waals surface area contributed by atoms with Crippen molar-refractivity contribution in [3.05, 3.63) is 35.9 Å². The summed E-state index contributed by atoms with van der Waals surface area (Å²) >= 11 is 0. The fourth-order valence-electron chi connectivity index (χ4n) is 2.52. The Balaban J connectivity index is 0.00000338. The van der Waals surface area contributed by atoms with Crippen LogP contribution in [0.25, 0.3) is 0 Å². The number of morpholine rings is 1. The summed E-state index contributed by atoms with van der Waals surface area (Å²) in [6.45, 7) is 9.26. The first-order valence-corrected chi connectivity index (χ1v) is 8.95. The quantitative estimate of drug-likeness (QED) is 0.226. The smallest absolute Gasteiger partial charge is 0.251 e. The van der Waals surface area contributed by atoms with Crippen molar-refractivity contribution in [1.29, 1.82) is 0 Å². The molecule has 1 aromatic rings. The molecule has 3 N–H and O–H groups in total. The minimum absolute atomic E-state index is 0. The number of guanidine groups is 1. The van der Waals surface area contributed by atoms with E-state index in [0.29, 0.717) is 18.7 Å². The van der Waals surface area contributed by atoms with Crippen molar-refractivity contribution in [1.82, 2.24) is 20.9 Å². The van der Waals surface area contributed by atoms with Crippen LogP contribution in [0, 0.1) is 0 Å². The molecule has 8 heteroatoms. The molecular formula is C18H30IN5O2. The summed E-state index contributed by atoms with van der Waals surface area (Å²) < 4.78 is 5.35. The van der Waals surface area contributed by atoms with Gasteiger partial charge < -0.3 is 20.7 Å². The first-order chi connectivity index (χ1) is 12.3. The van der Waals surface area contributed by atoms with Crippen molar-refractivity contribution < 1.29 is 9.53 Å². The molecule has 1 aliphatic heterocycles. The molecule has 0 radical (unpaired) electrons. The van der Waals surface area contributed by atoms with Gasteiger partial charge in [0.25, 0.3) is 5.91 Å². The van der Waals surface area contributed by atoms with Crippen LogP contribution in [0.4, 0.5) is 0 Å². The Morgan fingerprint density at radius 2 is 1.81 bits per heavy atom.